The molecule has 0 bridgehead atoms. The van der Waals surface area contributed by atoms with Gasteiger partial charge in [0.05, 0.1) is 0 Å². The van der Waals surface area contributed by atoms with E-state index in [-0.39, 0.29) is 5.91 Å². The van der Waals surface area contributed by atoms with Crippen molar-refractivity contribution in [1.82, 2.24) is 5.43 Å². The van der Waals surface area contributed by atoms with Crippen LogP contribution in [0.2, 0.25) is 0 Å². The molecule has 4 nitrogen and oxygen atoms in total. The van der Waals surface area contributed by atoms with E-state index in [1.54, 1.807) is 0 Å². The van der Waals surface area contributed by atoms with E-state index in [0.717, 1.165) is 6.42 Å². The average Bonchev–Trinajstić information content (AvgIpc) is 2.11. The number of hydrogen-bond acceptors (Lipinski definition) is 3. The van der Waals surface area contributed by atoms with Gasteiger partial charge in [-0.25, -0.2) is 5.84 Å². The van der Waals surface area contributed by atoms with E-state index in [1.807, 2.05) is 6.92 Å². The largest absolute Gasteiger partial charge is 0.368 e. The Kier molecular flexibility index (Phi) is 6.54. The fourth-order valence-electron chi connectivity index (χ4n) is 0.918. The second kappa shape index (κ2) is 6.86. The molecule has 0 spiro atoms. The summed E-state index contributed by atoms with van der Waals surface area (Å²) in [4.78, 5) is 11.1. The highest BCUT2D eigenvalue weighted by molar-refractivity contribution is 5.79. The fraction of sp³-hybridized carbons (Fsp3) is 0.889. The molecule has 0 aromatic carbocycles. The molecule has 1 amide bonds. The number of amides is 1. The van der Waals surface area contributed by atoms with Crippen LogP contribution in [0.5, 0.6) is 0 Å². The van der Waals surface area contributed by atoms with E-state index in [9.17, 15) is 4.79 Å². The number of carbonyl (C=O) groups is 1. The van der Waals surface area contributed by atoms with Crippen molar-refractivity contribution >= 4 is 5.91 Å². The Morgan fingerprint density at radius 3 is 2.54 bits per heavy atom. The van der Waals surface area contributed by atoms with Crippen LogP contribution in [-0.2, 0) is 9.53 Å². The summed E-state index contributed by atoms with van der Waals surface area (Å²) in [6, 6.07) is 0. The van der Waals surface area contributed by atoms with Crippen LogP contribution in [0, 0.1) is 5.92 Å². The molecule has 4 heteroatoms. The van der Waals surface area contributed by atoms with Crippen LogP contribution in [0.3, 0.4) is 0 Å². The summed E-state index contributed by atoms with van der Waals surface area (Å²) in [5.41, 5.74) is 2.09. The Bertz CT molecular complexity index is 149. The predicted octanol–water partition coefficient (Wildman–Crippen LogP) is 0.818. The molecule has 0 aliphatic heterocycles. The number of ether oxygens (including phenoxy) is 1. The van der Waals surface area contributed by atoms with Crippen molar-refractivity contribution in [2.45, 2.75) is 39.7 Å². The molecule has 0 fully saturated rings. The minimum Gasteiger partial charge on any atom is -0.368 e. The third-order valence-electron chi connectivity index (χ3n) is 1.82. The first kappa shape index (κ1) is 12.4. The zero-order valence-corrected chi connectivity index (χ0v) is 8.67. The van der Waals surface area contributed by atoms with Gasteiger partial charge in [0.25, 0.3) is 5.91 Å². The summed E-state index contributed by atoms with van der Waals surface area (Å²) in [5.74, 6) is 5.35. The molecule has 0 saturated carbocycles. The van der Waals surface area contributed by atoms with Crippen molar-refractivity contribution in [2.24, 2.45) is 11.8 Å². The highest BCUT2D eigenvalue weighted by Gasteiger charge is 2.15. The molecule has 0 aromatic heterocycles. The molecular formula is C9H20N2O2. The lowest BCUT2D eigenvalue weighted by molar-refractivity contribution is -0.133. The summed E-state index contributed by atoms with van der Waals surface area (Å²) in [7, 11) is 0. The van der Waals surface area contributed by atoms with Gasteiger partial charge in [0.15, 0.2) is 0 Å². The maximum atomic E-state index is 11.1. The van der Waals surface area contributed by atoms with E-state index in [4.69, 9.17) is 10.6 Å². The zero-order chi connectivity index (χ0) is 10.3. The van der Waals surface area contributed by atoms with Crippen LogP contribution < -0.4 is 11.3 Å². The molecular weight excluding hydrogens is 168 g/mol. The minimum atomic E-state index is -0.399. The van der Waals surface area contributed by atoms with Gasteiger partial charge < -0.3 is 4.74 Å². The van der Waals surface area contributed by atoms with Crippen molar-refractivity contribution in [3.8, 4) is 0 Å². The molecule has 78 valence electrons. The molecule has 1 atom stereocenters. The Morgan fingerprint density at radius 2 is 2.15 bits per heavy atom. The van der Waals surface area contributed by atoms with Gasteiger partial charge in [0.2, 0.25) is 0 Å². The van der Waals surface area contributed by atoms with Gasteiger partial charge in [-0.1, -0.05) is 20.8 Å². The number of hydrazine groups is 1. The Hall–Kier alpha value is -0.610. The van der Waals surface area contributed by atoms with Crippen LogP contribution in [0.15, 0.2) is 0 Å². The van der Waals surface area contributed by atoms with Gasteiger partial charge in [-0.2, -0.15) is 0 Å². The second-order valence-corrected chi connectivity index (χ2v) is 3.46. The maximum absolute atomic E-state index is 11.1. The first-order chi connectivity index (χ1) is 6.11. The van der Waals surface area contributed by atoms with Crippen molar-refractivity contribution in [1.29, 1.82) is 0 Å². The average molecular weight is 188 g/mol. The van der Waals surface area contributed by atoms with Crippen molar-refractivity contribution in [2.75, 3.05) is 6.61 Å². The van der Waals surface area contributed by atoms with Gasteiger partial charge in [-0.05, 0) is 18.8 Å². The van der Waals surface area contributed by atoms with Crippen LogP contribution in [0.4, 0.5) is 0 Å². The molecule has 1 unspecified atom stereocenters. The van der Waals surface area contributed by atoms with Gasteiger partial charge in [-0.3, -0.25) is 10.2 Å². The van der Waals surface area contributed by atoms with E-state index < -0.39 is 6.10 Å². The van der Waals surface area contributed by atoms with E-state index in [2.05, 4.69) is 19.3 Å². The smallest absolute Gasteiger partial charge is 0.262 e. The van der Waals surface area contributed by atoms with Crippen LogP contribution in [0.25, 0.3) is 0 Å². The van der Waals surface area contributed by atoms with Crippen LogP contribution in [0.1, 0.15) is 33.6 Å². The first-order valence-corrected chi connectivity index (χ1v) is 4.73. The maximum Gasteiger partial charge on any atom is 0.262 e. The first-order valence-electron chi connectivity index (χ1n) is 4.73. The van der Waals surface area contributed by atoms with Crippen LogP contribution >= 0.6 is 0 Å². The fourth-order valence-corrected chi connectivity index (χ4v) is 0.918. The zero-order valence-electron chi connectivity index (χ0n) is 8.67. The molecule has 3 N–H and O–H groups in total. The Morgan fingerprint density at radius 1 is 1.54 bits per heavy atom. The van der Waals surface area contributed by atoms with Gasteiger partial charge in [0.1, 0.15) is 6.10 Å². The molecule has 0 aromatic rings. The van der Waals surface area contributed by atoms with Crippen molar-refractivity contribution in [3.05, 3.63) is 0 Å². The van der Waals surface area contributed by atoms with E-state index >= 15 is 0 Å². The topological polar surface area (TPSA) is 64.3 Å². The lowest BCUT2D eigenvalue weighted by atomic mass is 10.1. The highest BCUT2D eigenvalue weighted by atomic mass is 16.5. The Balaban J connectivity index is 3.66. The minimum absolute atomic E-state index is 0.244. The normalized spacial score (nSPS) is 13.0. The molecule has 0 radical (unpaired) electrons. The highest BCUT2D eigenvalue weighted by Crippen LogP contribution is 2.03. The molecule has 13 heavy (non-hydrogen) atoms. The van der Waals surface area contributed by atoms with Gasteiger partial charge in [0, 0.05) is 6.61 Å². The predicted molar refractivity (Wildman–Crippen MR) is 51.8 cm³/mol. The summed E-state index contributed by atoms with van der Waals surface area (Å²) in [6.07, 6.45) is 1.22. The number of hydrogen-bond donors (Lipinski definition) is 2. The molecule has 0 heterocycles. The lowest BCUT2D eigenvalue weighted by Gasteiger charge is -2.14. The SMILES string of the molecule is CCC(OCCC(C)C)C(=O)NN. The molecule has 0 aliphatic carbocycles. The number of nitrogens with one attached hydrogen (secondary N) is 1. The molecule has 0 rings (SSSR count). The molecule has 0 aliphatic rings. The second-order valence-electron chi connectivity index (χ2n) is 3.46. The van der Waals surface area contributed by atoms with Crippen LogP contribution in [-0.4, -0.2) is 18.6 Å². The number of rotatable bonds is 6. The monoisotopic (exact) mass is 188 g/mol. The van der Waals surface area contributed by atoms with Crippen molar-refractivity contribution in [3.63, 3.8) is 0 Å². The summed E-state index contributed by atoms with van der Waals surface area (Å²) in [5, 5.41) is 0. The third-order valence-corrected chi connectivity index (χ3v) is 1.82. The van der Waals surface area contributed by atoms with E-state index in [1.165, 1.54) is 0 Å². The molecule has 0 saturated heterocycles. The summed E-state index contributed by atoms with van der Waals surface area (Å²) in [6.45, 7) is 6.75. The lowest BCUT2D eigenvalue weighted by Crippen LogP contribution is -2.40. The standard InChI is InChI=1S/C9H20N2O2/c1-4-8(9(12)11-10)13-6-5-7(2)3/h7-8H,4-6,10H2,1-3H3,(H,11,12). The summed E-state index contributed by atoms with van der Waals surface area (Å²) < 4.78 is 5.36. The van der Waals surface area contributed by atoms with E-state index in [0.29, 0.717) is 18.9 Å². The number of carbonyl (C=O) groups excluding carboxylic acids is 1. The quantitative estimate of drug-likeness (QED) is 0.368. The van der Waals surface area contributed by atoms with Crippen molar-refractivity contribution < 1.29 is 9.53 Å². The number of nitrogens with two attached hydrogens (primary N) is 1. The summed E-state index contributed by atoms with van der Waals surface area (Å²) >= 11 is 0. The van der Waals surface area contributed by atoms with Gasteiger partial charge >= 0.3 is 0 Å². The van der Waals surface area contributed by atoms with Gasteiger partial charge in [-0.15, -0.1) is 0 Å². The third kappa shape index (κ3) is 5.60. The Labute approximate surface area is 79.8 Å².